The lowest BCUT2D eigenvalue weighted by atomic mass is 10.1. The molecule has 27 heavy (non-hydrogen) atoms. The van der Waals surface area contributed by atoms with Crippen LogP contribution in [-0.4, -0.2) is 24.9 Å². The zero-order valence-electron chi connectivity index (χ0n) is 13.9. The van der Waals surface area contributed by atoms with E-state index in [1.165, 1.54) is 30.3 Å². The van der Waals surface area contributed by atoms with E-state index in [4.69, 9.17) is 9.47 Å². The fraction of sp³-hybridized carbons (Fsp3) is 0.158. The van der Waals surface area contributed by atoms with Crippen LogP contribution in [0.1, 0.15) is 5.56 Å². The Morgan fingerprint density at radius 3 is 2.63 bits per heavy atom. The smallest absolute Gasteiger partial charge is 0.288 e. The first-order valence-electron chi connectivity index (χ1n) is 7.93. The SMILES string of the molecule is N#C/C(=C/c1cccc2c1OCCO2)C(=O)Nc1ccc(SC(F)F)cc1. The summed E-state index contributed by atoms with van der Waals surface area (Å²) in [5.41, 5.74) is 0.834. The molecular weight excluding hydrogens is 374 g/mol. The van der Waals surface area contributed by atoms with Gasteiger partial charge in [-0.2, -0.15) is 14.0 Å². The zero-order chi connectivity index (χ0) is 19.2. The molecule has 0 aliphatic carbocycles. The second-order valence-electron chi connectivity index (χ2n) is 5.40. The lowest BCUT2D eigenvalue weighted by molar-refractivity contribution is -0.112. The first-order valence-corrected chi connectivity index (χ1v) is 8.81. The lowest BCUT2D eigenvalue weighted by Gasteiger charge is -2.19. The van der Waals surface area contributed by atoms with Crippen LogP contribution in [0.15, 0.2) is 52.9 Å². The van der Waals surface area contributed by atoms with Crippen LogP contribution in [0.3, 0.4) is 0 Å². The number of anilines is 1. The Kier molecular flexibility index (Phi) is 5.94. The normalized spacial score (nSPS) is 13.2. The van der Waals surface area contributed by atoms with Gasteiger partial charge in [0.25, 0.3) is 11.7 Å². The van der Waals surface area contributed by atoms with Gasteiger partial charge in [0.2, 0.25) is 0 Å². The molecule has 0 aromatic heterocycles. The van der Waals surface area contributed by atoms with Crippen molar-refractivity contribution in [3.63, 3.8) is 0 Å². The number of carbonyl (C=O) groups excluding carboxylic acids is 1. The quantitative estimate of drug-likeness (QED) is 0.469. The maximum atomic E-state index is 12.4. The standard InChI is InChI=1S/C19H14F2N2O3S/c20-19(21)27-15-6-4-14(5-7-15)23-18(24)13(11-22)10-12-2-1-3-16-17(12)26-9-8-25-16/h1-7,10,19H,8-9H2,(H,23,24)/b13-10-. The number of nitriles is 1. The Morgan fingerprint density at radius 2 is 1.93 bits per heavy atom. The highest BCUT2D eigenvalue weighted by Gasteiger charge is 2.17. The summed E-state index contributed by atoms with van der Waals surface area (Å²) in [5.74, 6) is -2.08. The maximum Gasteiger partial charge on any atom is 0.288 e. The molecule has 0 unspecified atom stereocenters. The topological polar surface area (TPSA) is 71.3 Å². The molecule has 0 saturated heterocycles. The molecular formula is C19H14F2N2O3S. The first kappa shape index (κ1) is 18.7. The summed E-state index contributed by atoms with van der Waals surface area (Å²) in [6.45, 7) is 0.820. The molecule has 5 nitrogen and oxygen atoms in total. The van der Waals surface area contributed by atoms with Crippen LogP contribution >= 0.6 is 11.8 Å². The molecule has 1 aliphatic rings. The van der Waals surface area contributed by atoms with E-state index in [2.05, 4.69) is 5.32 Å². The van der Waals surface area contributed by atoms with E-state index in [0.717, 1.165) is 0 Å². The molecule has 0 bridgehead atoms. The minimum absolute atomic E-state index is 0.122. The lowest BCUT2D eigenvalue weighted by Crippen LogP contribution is -2.16. The van der Waals surface area contributed by atoms with E-state index in [0.29, 0.717) is 52.6 Å². The van der Waals surface area contributed by atoms with Crippen molar-refractivity contribution < 1.29 is 23.0 Å². The Labute approximate surface area is 158 Å². The van der Waals surface area contributed by atoms with Crippen molar-refractivity contribution in [1.82, 2.24) is 0 Å². The van der Waals surface area contributed by atoms with Crippen molar-refractivity contribution >= 4 is 29.4 Å². The number of hydrogen-bond acceptors (Lipinski definition) is 5. The molecule has 0 atom stereocenters. The average Bonchev–Trinajstić information content (AvgIpc) is 2.67. The monoisotopic (exact) mass is 388 g/mol. The Hall–Kier alpha value is -3.05. The second kappa shape index (κ2) is 8.56. The third-order valence-corrected chi connectivity index (χ3v) is 4.32. The molecule has 2 aromatic carbocycles. The number of carbonyl (C=O) groups is 1. The number of thioether (sulfide) groups is 1. The highest BCUT2D eigenvalue weighted by molar-refractivity contribution is 7.99. The van der Waals surface area contributed by atoms with Crippen molar-refractivity contribution in [2.45, 2.75) is 10.7 Å². The number of hydrogen-bond donors (Lipinski definition) is 1. The van der Waals surface area contributed by atoms with Crippen molar-refractivity contribution in [3.8, 4) is 17.6 Å². The van der Waals surface area contributed by atoms with Gasteiger partial charge in [0.1, 0.15) is 24.9 Å². The van der Waals surface area contributed by atoms with E-state index in [1.807, 2.05) is 6.07 Å². The minimum atomic E-state index is -2.51. The van der Waals surface area contributed by atoms with Crippen molar-refractivity contribution in [3.05, 3.63) is 53.6 Å². The fourth-order valence-corrected chi connectivity index (χ4v) is 2.93. The summed E-state index contributed by atoms with van der Waals surface area (Å²) < 4.78 is 35.7. The van der Waals surface area contributed by atoms with Gasteiger partial charge in [0, 0.05) is 16.1 Å². The molecule has 0 saturated carbocycles. The highest BCUT2D eigenvalue weighted by atomic mass is 32.2. The number of benzene rings is 2. The summed E-state index contributed by atoms with van der Waals surface area (Å²) in [7, 11) is 0. The summed E-state index contributed by atoms with van der Waals surface area (Å²) in [5, 5.41) is 11.9. The van der Waals surface area contributed by atoms with Crippen LogP contribution in [0.4, 0.5) is 14.5 Å². The molecule has 3 rings (SSSR count). The van der Waals surface area contributed by atoms with Gasteiger partial charge in [0.15, 0.2) is 11.5 Å². The number of rotatable bonds is 5. The highest BCUT2D eigenvalue weighted by Crippen LogP contribution is 2.35. The van der Waals surface area contributed by atoms with Gasteiger partial charge in [-0.15, -0.1) is 0 Å². The van der Waals surface area contributed by atoms with Gasteiger partial charge in [0.05, 0.1) is 0 Å². The van der Waals surface area contributed by atoms with Crippen molar-refractivity contribution in [2.24, 2.45) is 0 Å². The summed E-state index contributed by atoms with van der Waals surface area (Å²) in [6, 6.07) is 13.0. The molecule has 0 fully saturated rings. The van der Waals surface area contributed by atoms with Crippen LogP contribution in [0, 0.1) is 11.3 Å². The van der Waals surface area contributed by atoms with Crippen LogP contribution in [0.25, 0.3) is 6.08 Å². The van der Waals surface area contributed by atoms with E-state index < -0.39 is 11.7 Å². The van der Waals surface area contributed by atoms with Gasteiger partial charge in [-0.1, -0.05) is 23.9 Å². The molecule has 1 heterocycles. The molecule has 2 aromatic rings. The first-order chi connectivity index (χ1) is 13.1. The van der Waals surface area contributed by atoms with Crippen molar-refractivity contribution in [2.75, 3.05) is 18.5 Å². The van der Waals surface area contributed by atoms with Crippen LogP contribution in [0.5, 0.6) is 11.5 Å². The third kappa shape index (κ3) is 4.77. The van der Waals surface area contributed by atoms with Crippen LogP contribution in [0.2, 0.25) is 0 Å². The van der Waals surface area contributed by atoms with Gasteiger partial charge < -0.3 is 14.8 Å². The Morgan fingerprint density at radius 1 is 1.19 bits per heavy atom. The summed E-state index contributed by atoms with van der Waals surface area (Å²) in [4.78, 5) is 12.8. The van der Waals surface area contributed by atoms with E-state index in [9.17, 15) is 18.8 Å². The molecule has 0 radical (unpaired) electrons. The largest absolute Gasteiger partial charge is 0.486 e. The number of alkyl halides is 2. The number of para-hydroxylation sites is 1. The zero-order valence-corrected chi connectivity index (χ0v) is 14.8. The van der Waals surface area contributed by atoms with E-state index in [-0.39, 0.29) is 5.57 Å². The number of amides is 1. The fourth-order valence-electron chi connectivity index (χ4n) is 2.43. The number of ether oxygens (including phenoxy) is 2. The van der Waals surface area contributed by atoms with Crippen LogP contribution in [-0.2, 0) is 4.79 Å². The third-order valence-electron chi connectivity index (χ3n) is 3.60. The van der Waals surface area contributed by atoms with E-state index in [1.54, 1.807) is 18.2 Å². The van der Waals surface area contributed by atoms with Gasteiger partial charge in [-0.3, -0.25) is 4.79 Å². The minimum Gasteiger partial charge on any atom is -0.486 e. The molecule has 138 valence electrons. The Bertz CT molecular complexity index is 908. The van der Waals surface area contributed by atoms with E-state index >= 15 is 0 Å². The number of halogens is 2. The molecule has 1 aliphatic heterocycles. The number of fused-ring (bicyclic) bond motifs is 1. The second-order valence-corrected chi connectivity index (χ2v) is 6.46. The maximum absolute atomic E-state index is 12.4. The molecule has 1 amide bonds. The predicted molar refractivity (Wildman–Crippen MR) is 98.0 cm³/mol. The van der Waals surface area contributed by atoms with Gasteiger partial charge >= 0.3 is 0 Å². The Balaban J connectivity index is 1.77. The molecule has 8 heteroatoms. The molecule has 1 N–H and O–H groups in total. The van der Waals surface area contributed by atoms with Crippen LogP contribution < -0.4 is 14.8 Å². The summed E-state index contributed by atoms with van der Waals surface area (Å²) >= 11 is 0.416. The summed E-state index contributed by atoms with van der Waals surface area (Å²) in [6.07, 6.45) is 1.42. The number of nitrogens with one attached hydrogen (secondary N) is 1. The number of nitrogens with zero attached hydrogens (tertiary/aromatic N) is 1. The molecule has 0 spiro atoms. The predicted octanol–water partition coefficient (Wildman–Crippen LogP) is 4.32. The van der Waals surface area contributed by atoms with Gasteiger partial charge in [-0.25, -0.2) is 0 Å². The van der Waals surface area contributed by atoms with Crippen molar-refractivity contribution in [1.29, 1.82) is 5.26 Å². The average molecular weight is 388 g/mol. The van der Waals surface area contributed by atoms with Gasteiger partial charge in [-0.05, 0) is 36.4 Å².